The molecule has 1 saturated heterocycles. The standard InChI is InChI=1S/C33H33FN4O5S/c1-41-24-14-15-27(42-2)26(17-24)32-30-31(21-7-4-3-5-8-21)36-38(23-12-10-22(34)11-13-23)33(30)37(29(40)20-44-32)19-28(39)35-18-25-9-6-16-43-25/h3-5,7-8,10-15,17,25,32H,6,9,16,18-20H2,1-2H3,(H,35,39)/t25-,32-/m0/s1. The Bertz CT molecular complexity index is 1640. The van der Waals surface area contributed by atoms with Crippen LogP contribution in [0, 0.1) is 5.82 Å². The van der Waals surface area contributed by atoms with Crippen LogP contribution >= 0.6 is 11.8 Å². The van der Waals surface area contributed by atoms with E-state index in [1.807, 2.05) is 48.5 Å². The average molecular weight is 617 g/mol. The Hall–Kier alpha value is -4.35. The van der Waals surface area contributed by atoms with Crippen LogP contribution in [0.3, 0.4) is 0 Å². The lowest BCUT2D eigenvalue weighted by Gasteiger charge is -2.24. The lowest BCUT2D eigenvalue weighted by atomic mass is 9.98. The van der Waals surface area contributed by atoms with E-state index in [1.165, 1.54) is 28.8 Å². The number of carbonyl (C=O) groups is 2. The number of methoxy groups -OCH3 is 2. The molecule has 0 spiro atoms. The maximum atomic E-state index is 14.1. The second kappa shape index (κ2) is 13.1. The number of hydrogen-bond donors (Lipinski definition) is 1. The highest BCUT2D eigenvalue weighted by atomic mass is 32.2. The van der Waals surface area contributed by atoms with Crippen molar-refractivity contribution in [2.24, 2.45) is 0 Å². The third-order valence-corrected chi connectivity index (χ3v) is 9.02. The number of rotatable bonds is 9. The van der Waals surface area contributed by atoms with Crippen molar-refractivity contribution in [3.8, 4) is 28.4 Å². The van der Waals surface area contributed by atoms with E-state index in [0.29, 0.717) is 41.8 Å². The van der Waals surface area contributed by atoms with E-state index in [0.717, 1.165) is 29.5 Å². The Morgan fingerprint density at radius 1 is 1.09 bits per heavy atom. The maximum Gasteiger partial charge on any atom is 0.240 e. The summed E-state index contributed by atoms with van der Waals surface area (Å²) >= 11 is 1.43. The predicted molar refractivity (Wildman–Crippen MR) is 167 cm³/mol. The molecule has 9 nitrogen and oxygen atoms in total. The third-order valence-electron chi connectivity index (χ3n) is 7.78. The summed E-state index contributed by atoms with van der Waals surface area (Å²) < 4.78 is 32.7. The van der Waals surface area contributed by atoms with Crippen LogP contribution in [0.5, 0.6) is 11.5 Å². The second-order valence-electron chi connectivity index (χ2n) is 10.6. The van der Waals surface area contributed by atoms with Crippen LogP contribution in [-0.4, -0.2) is 67.4 Å². The van der Waals surface area contributed by atoms with Crippen LogP contribution in [0.1, 0.15) is 29.2 Å². The van der Waals surface area contributed by atoms with E-state index in [9.17, 15) is 14.0 Å². The van der Waals surface area contributed by atoms with E-state index in [2.05, 4.69) is 5.32 Å². The number of anilines is 1. The van der Waals surface area contributed by atoms with Crippen molar-refractivity contribution in [3.05, 3.63) is 89.7 Å². The molecular formula is C33H33FN4O5S. The molecule has 0 radical (unpaired) electrons. The van der Waals surface area contributed by atoms with Crippen molar-refractivity contribution in [1.29, 1.82) is 0 Å². The first-order valence-electron chi connectivity index (χ1n) is 14.4. The molecule has 2 aliphatic heterocycles. The minimum atomic E-state index is -0.427. The molecule has 0 unspecified atom stereocenters. The predicted octanol–water partition coefficient (Wildman–Crippen LogP) is 5.16. The van der Waals surface area contributed by atoms with Gasteiger partial charge in [0.2, 0.25) is 11.8 Å². The second-order valence-corrected chi connectivity index (χ2v) is 11.7. The molecule has 44 heavy (non-hydrogen) atoms. The van der Waals surface area contributed by atoms with Crippen molar-refractivity contribution >= 4 is 29.4 Å². The van der Waals surface area contributed by atoms with Crippen LogP contribution in [0.2, 0.25) is 0 Å². The minimum absolute atomic E-state index is 0.0377. The van der Waals surface area contributed by atoms with Gasteiger partial charge < -0.3 is 19.5 Å². The van der Waals surface area contributed by atoms with Gasteiger partial charge >= 0.3 is 0 Å². The van der Waals surface area contributed by atoms with Crippen LogP contribution in [0.4, 0.5) is 10.2 Å². The molecule has 11 heteroatoms. The highest BCUT2D eigenvalue weighted by molar-refractivity contribution is 8.00. The maximum absolute atomic E-state index is 14.1. The highest BCUT2D eigenvalue weighted by Gasteiger charge is 2.39. The van der Waals surface area contributed by atoms with Crippen molar-refractivity contribution in [3.63, 3.8) is 0 Å². The normalized spacial score (nSPS) is 18.1. The van der Waals surface area contributed by atoms with E-state index in [1.54, 1.807) is 31.0 Å². The third kappa shape index (κ3) is 6.02. The highest BCUT2D eigenvalue weighted by Crippen LogP contribution is 2.51. The molecule has 3 heterocycles. The summed E-state index contributed by atoms with van der Waals surface area (Å²) in [6.07, 6.45) is 1.80. The van der Waals surface area contributed by atoms with Crippen molar-refractivity contribution in [1.82, 2.24) is 15.1 Å². The van der Waals surface area contributed by atoms with Crippen LogP contribution < -0.4 is 19.7 Å². The lowest BCUT2D eigenvalue weighted by molar-refractivity contribution is -0.123. The Morgan fingerprint density at radius 3 is 2.59 bits per heavy atom. The van der Waals surface area contributed by atoms with Gasteiger partial charge in [0, 0.05) is 29.8 Å². The number of nitrogens with one attached hydrogen (secondary N) is 1. The van der Waals surface area contributed by atoms with Crippen LogP contribution in [-0.2, 0) is 14.3 Å². The minimum Gasteiger partial charge on any atom is -0.497 e. The molecule has 6 rings (SSSR count). The number of ether oxygens (including phenoxy) is 3. The van der Waals surface area contributed by atoms with E-state index in [4.69, 9.17) is 19.3 Å². The number of amides is 2. The average Bonchev–Trinajstić information content (AvgIpc) is 3.69. The van der Waals surface area contributed by atoms with Crippen molar-refractivity contribution < 1.29 is 28.2 Å². The van der Waals surface area contributed by atoms with Gasteiger partial charge in [-0.05, 0) is 55.3 Å². The Labute approximate surface area is 259 Å². The van der Waals surface area contributed by atoms with Crippen LogP contribution in [0.25, 0.3) is 16.9 Å². The smallest absolute Gasteiger partial charge is 0.240 e. The summed E-state index contributed by atoms with van der Waals surface area (Å²) in [5, 5.41) is 7.56. The Morgan fingerprint density at radius 2 is 1.89 bits per heavy atom. The molecule has 228 valence electrons. The summed E-state index contributed by atoms with van der Waals surface area (Å²) in [6, 6.07) is 21.1. The molecule has 0 bridgehead atoms. The van der Waals surface area contributed by atoms with Gasteiger partial charge in [0.15, 0.2) is 0 Å². The SMILES string of the molecule is COc1ccc(OC)c([C@@H]2SCC(=O)N(CC(=O)NC[C@@H]3CCCO3)c3c2c(-c2ccccc2)nn3-c2ccc(F)cc2)c1. The molecule has 2 aliphatic rings. The quantitative estimate of drug-likeness (QED) is 0.278. The Kier molecular flexibility index (Phi) is 8.85. The number of aromatic nitrogens is 2. The first-order valence-corrected chi connectivity index (χ1v) is 15.5. The number of hydrogen-bond acceptors (Lipinski definition) is 7. The molecule has 0 aliphatic carbocycles. The van der Waals surface area contributed by atoms with Gasteiger partial charge in [-0.15, -0.1) is 11.8 Å². The molecule has 1 fully saturated rings. The fourth-order valence-corrected chi connectivity index (χ4v) is 6.83. The number of carbonyl (C=O) groups excluding carboxylic acids is 2. The Balaban J connectivity index is 1.55. The largest absolute Gasteiger partial charge is 0.497 e. The summed E-state index contributed by atoms with van der Waals surface area (Å²) in [5.41, 5.74) is 3.54. The van der Waals surface area contributed by atoms with Gasteiger partial charge in [-0.25, -0.2) is 9.07 Å². The summed E-state index contributed by atoms with van der Waals surface area (Å²) in [6.45, 7) is 0.834. The van der Waals surface area contributed by atoms with E-state index in [-0.39, 0.29) is 30.2 Å². The zero-order valence-electron chi connectivity index (χ0n) is 24.5. The number of nitrogens with zero attached hydrogens (tertiary/aromatic N) is 3. The fourth-order valence-electron chi connectivity index (χ4n) is 5.61. The van der Waals surface area contributed by atoms with Crippen molar-refractivity contribution in [2.75, 3.05) is 44.6 Å². The molecule has 3 aromatic carbocycles. The summed E-state index contributed by atoms with van der Waals surface area (Å²) in [7, 11) is 3.20. The molecule has 2 amide bonds. The van der Waals surface area contributed by atoms with Gasteiger partial charge in [0.25, 0.3) is 0 Å². The van der Waals surface area contributed by atoms with Gasteiger partial charge in [0.1, 0.15) is 29.7 Å². The van der Waals surface area contributed by atoms with Gasteiger partial charge in [-0.1, -0.05) is 30.3 Å². The monoisotopic (exact) mass is 616 g/mol. The fraction of sp³-hybridized carbons (Fsp3) is 0.303. The van der Waals surface area contributed by atoms with Gasteiger partial charge in [-0.2, -0.15) is 5.10 Å². The van der Waals surface area contributed by atoms with E-state index >= 15 is 0 Å². The zero-order valence-corrected chi connectivity index (χ0v) is 25.3. The van der Waals surface area contributed by atoms with Crippen molar-refractivity contribution in [2.45, 2.75) is 24.2 Å². The molecule has 2 atom stereocenters. The van der Waals surface area contributed by atoms with E-state index < -0.39 is 11.1 Å². The molecular weight excluding hydrogens is 583 g/mol. The number of halogens is 1. The summed E-state index contributed by atoms with van der Waals surface area (Å²) in [5.74, 6) is 0.829. The number of fused-ring (bicyclic) bond motifs is 1. The first kappa shape index (κ1) is 29.7. The summed E-state index contributed by atoms with van der Waals surface area (Å²) in [4.78, 5) is 28.8. The molecule has 0 saturated carbocycles. The number of benzene rings is 3. The van der Waals surface area contributed by atoms with Gasteiger partial charge in [0.05, 0.1) is 42.7 Å². The first-order chi connectivity index (χ1) is 21.5. The van der Waals surface area contributed by atoms with Gasteiger partial charge in [-0.3, -0.25) is 14.5 Å². The molecule has 1 N–H and O–H groups in total. The zero-order chi connectivity index (χ0) is 30.6. The topological polar surface area (TPSA) is 94.9 Å². The number of thioether (sulfide) groups is 1. The molecule has 4 aromatic rings. The van der Waals surface area contributed by atoms with Crippen LogP contribution in [0.15, 0.2) is 72.8 Å². The molecule has 1 aromatic heterocycles. The lowest BCUT2D eigenvalue weighted by Crippen LogP contribution is -2.44.